The van der Waals surface area contributed by atoms with Crippen molar-refractivity contribution in [1.82, 2.24) is 0 Å². The van der Waals surface area contributed by atoms with Gasteiger partial charge in [-0.15, -0.1) is 0 Å². The third-order valence-corrected chi connectivity index (χ3v) is 3.85. The summed E-state index contributed by atoms with van der Waals surface area (Å²) >= 11 is 1.22. The highest BCUT2D eigenvalue weighted by atomic mass is 32.2. The number of rotatable bonds is 4. The monoisotopic (exact) mass is 314 g/mol. The molecule has 0 atom stereocenters. The van der Waals surface area contributed by atoms with Gasteiger partial charge in [0.2, 0.25) is 0 Å². The normalized spacial score (nSPS) is 11.5. The van der Waals surface area contributed by atoms with E-state index < -0.39 is 18.3 Å². The second-order valence-corrected chi connectivity index (χ2v) is 5.40. The summed E-state index contributed by atoms with van der Waals surface area (Å²) in [6.07, 6.45) is -4.48. The number of ether oxygens (including phenoxy) is 1. The number of hydrogen-bond donors (Lipinski definition) is 1. The van der Waals surface area contributed by atoms with Crippen LogP contribution in [0.3, 0.4) is 0 Å². The zero-order chi connectivity index (χ0) is 15.5. The molecule has 2 aromatic carbocycles. The lowest BCUT2D eigenvalue weighted by Crippen LogP contribution is -2.09. The van der Waals surface area contributed by atoms with Gasteiger partial charge >= 0.3 is 6.18 Å². The maximum Gasteiger partial charge on any atom is 0.416 e. The van der Waals surface area contributed by atoms with Crippen LogP contribution in [-0.2, 0) is 12.8 Å². The highest BCUT2D eigenvalue weighted by molar-refractivity contribution is 7.99. The second kappa shape index (κ2) is 6.41. The molecule has 0 aliphatic rings. The van der Waals surface area contributed by atoms with Gasteiger partial charge in [0.15, 0.2) is 0 Å². The van der Waals surface area contributed by atoms with Gasteiger partial charge in [-0.3, -0.25) is 0 Å². The Balaban J connectivity index is 2.27. The van der Waals surface area contributed by atoms with Gasteiger partial charge in [-0.2, -0.15) is 13.2 Å². The molecule has 1 N–H and O–H groups in total. The summed E-state index contributed by atoms with van der Waals surface area (Å²) in [6, 6.07) is 11.0. The predicted octanol–water partition coefficient (Wildman–Crippen LogP) is 4.36. The van der Waals surface area contributed by atoms with Crippen LogP contribution in [-0.4, -0.2) is 12.2 Å². The summed E-state index contributed by atoms with van der Waals surface area (Å²) in [6.45, 7) is -0.637. The van der Waals surface area contributed by atoms with E-state index in [1.165, 1.54) is 17.8 Å². The summed E-state index contributed by atoms with van der Waals surface area (Å²) < 4.78 is 43.8. The number of halogens is 3. The average molecular weight is 314 g/mol. The first kappa shape index (κ1) is 15.7. The van der Waals surface area contributed by atoms with Crippen LogP contribution in [0.25, 0.3) is 0 Å². The number of aliphatic hydroxyl groups is 1. The lowest BCUT2D eigenvalue weighted by Gasteiger charge is -2.13. The van der Waals surface area contributed by atoms with Crippen LogP contribution in [0.2, 0.25) is 0 Å². The second-order valence-electron chi connectivity index (χ2n) is 4.25. The van der Waals surface area contributed by atoms with E-state index in [9.17, 15) is 13.2 Å². The minimum absolute atomic E-state index is 0.124. The SMILES string of the molecule is COc1ccc(Sc2ccc(CO)c(C(F)(F)F)c2)cc1. The Morgan fingerprint density at radius 1 is 1.05 bits per heavy atom. The Morgan fingerprint density at radius 2 is 1.67 bits per heavy atom. The Labute approximate surface area is 124 Å². The van der Waals surface area contributed by atoms with E-state index >= 15 is 0 Å². The van der Waals surface area contributed by atoms with Crippen molar-refractivity contribution < 1.29 is 23.0 Å². The molecule has 0 amide bonds. The molecule has 0 radical (unpaired) electrons. The maximum absolute atomic E-state index is 12.9. The molecular formula is C15H13F3O2S. The van der Waals surface area contributed by atoms with Gasteiger partial charge in [-0.05, 0) is 42.0 Å². The predicted molar refractivity (Wildman–Crippen MR) is 74.5 cm³/mol. The fourth-order valence-corrected chi connectivity index (χ4v) is 2.66. The molecule has 6 heteroatoms. The molecule has 2 rings (SSSR count). The first-order valence-electron chi connectivity index (χ1n) is 6.07. The molecule has 0 unspecified atom stereocenters. The fraction of sp³-hybridized carbons (Fsp3) is 0.200. The molecular weight excluding hydrogens is 301 g/mol. The molecule has 112 valence electrons. The summed E-state index contributed by atoms with van der Waals surface area (Å²) in [5.74, 6) is 0.686. The lowest BCUT2D eigenvalue weighted by molar-refractivity contribution is -0.138. The standard InChI is InChI=1S/C15H13F3O2S/c1-20-11-3-6-12(7-4-11)21-13-5-2-10(9-19)14(8-13)15(16,17)18/h2-8,19H,9H2,1H3. The minimum atomic E-state index is -4.48. The third-order valence-electron chi connectivity index (χ3n) is 2.85. The molecule has 0 bridgehead atoms. The number of methoxy groups -OCH3 is 1. The first-order valence-corrected chi connectivity index (χ1v) is 6.88. The molecule has 2 aromatic rings. The molecule has 0 spiro atoms. The first-order chi connectivity index (χ1) is 9.94. The largest absolute Gasteiger partial charge is 0.497 e. The van der Waals surface area contributed by atoms with E-state index in [0.717, 1.165) is 11.0 Å². The highest BCUT2D eigenvalue weighted by Gasteiger charge is 2.33. The number of alkyl halides is 3. The van der Waals surface area contributed by atoms with Crippen molar-refractivity contribution >= 4 is 11.8 Å². The van der Waals surface area contributed by atoms with Crippen LogP contribution in [0.15, 0.2) is 52.3 Å². The van der Waals surface area contributed by atoms with Crippen LogP contribution in [0.5, 0.6) is 5.75 Å². The van der Waals surface area contributed by atoms with E-state index in [0.29, 0.717) is 10.6 Å². The molecule has 0 heterocycles. The smallest absolute Gasteiger partial charge is 0.416 e. The van der Waals surface area contributed by atoms with Gasteiger partial charge in [0.05, 0.1) is 19.3 Å². The number of aliphatic hydroxyl groups excluding tert-OH is 1. The van der Waals surface area contributed by atoms with E-state index in [1.807, 2.05) is 0 Å². The van der Waals surface area contributed by atoms with E-state index in [-0.39, 0.29) is 5.56 Å². The van der Waals surface area contributed by atoms with E-state index in [2.05, 4.69) is 0 Å². The summed E-state index contributed by atoms with van der Waals surface area (Å²) in [7, 11) is 1.55. The molecule has 2 nitrogen and oxygen atoms in total. The van der Waals surface area contributed by atoms with Gasteiger partial charge in [0.1, 0.15) is 5.75 Å². The van der Waals surface area contributed by atoms with Crippen LogP contribution in [0, 0.1) is 0 Å². The van der Waals surface area contributed by atoms with Crippen LogP contribution < -0.4 is 4.74 Å². The van der Waals surface area contributed by atoms with E-state index in [1.54, 1.807) is 37.4 Å². The van der Waals surface area contributed by atoms with Gasteiger partial charge in [0, 0.05) is 9.79 Å². The average Bonchev–Trinajstić information content (AvgIpc) is 2.47. The van der Waals surface area contributed by atoms with Gasteiger partial charge in [-0.25, -0.2) is 0 Å². The molecule has 21 heavy (non-hydrogen) atoms. The third kappa shape index (κ3) is 3.92. The van der Waals surface area contributed by atoms with Crippen LogP contribution in [0.1, 0.15) is 11.1 Å². The summed E-state index contributed by atoms with van der Waals surface area (Å²) in [5.41, 5.74) is -0.926. The quantitative estimate of drug-likeness (QED) is 0.909. The summed E-state index contributed by atoms with van der Waals surface area (Å²) in [4.78, 5) is 1.27. The lowest BCUT2D eigenvalue weighted by atomic mass is 10.1. The molecule has 0 fully saturated rings. The molecule has 0 saturated carbocycles. The molecule has 0 aromatic heterocycles. The van der Waals surface area contributed by atoms with Crippen molar-refractivity contribution in [3.05, 3.63) is 53.6 Å². The van der Waals surface area contributed by atoms with E-state index in [4.69, 9.17) is 9.84 Å². The molecule has 0 aliphatic carbocycles. The fourth-order valence-electron chi connectivity index (χ4n) is 1.80. The topological polar surface area (TPSA) is 29.5 Å². The zero-order valence-electron chi connectivity index (χ0n) is 11.1. The van der Waals surface area contributed by atoms with Crippen molar-refractivity contribution in [2.24, 2.45) is 0 Å². The van der Waals surface area contributed by atoms with Crippen LogP contribution in [0.4, 0.5) is 13.2 Å². The van der Waals surface area contributed by atoms with Crippen LogP contribution >= 0.6 is 11.8 Å². The van der Waals surface area contributed by atoms with Crippen molar-refractivity contribution in [3.63, 3.8) is 0 Å². The number of hydrogen-bond acceptors (Lipinski definition) is 3. The Hall–Kier alpha value is -1.66. The highest BCUT2D eigenvalue weighted by Crippen LogP contribution is 2.37. The molecule has 0 saturated heterocycles. The van der Waals surface area contributed by atoms with Crippen molar-refractivity contribution in [2.75, 3.05) is 7.11 Å². The Kier molecular flexibility index (Phi) is 4.80. The Bertz CT molecular complexity index is 609. The summed E-state index contributed by atoms with van der Waals surface area (Å²) in [5, 5.41) is 9.00. The molecule has 0 aliphatic heterocycles. The number of benzene rings is 2. The Morgan fingerprint density at radius 3 is 2.19 bits per heavy atom. The van der Waals surface area contributed by atoms with Gasteiger partial charge in [-0.1, -0.05) is 17.8 Å². The van der Waals surface area contributed by atoms with Crippen molar-refractivity contribution in [1.29, 1.82) is 0 Å². The minimum Gasteiger partial charge on any atom is -0.497 e. The van der Waals surface area contributed by atoms with Crippen molar-refractivity contribution in [3.8, 4) is 5.75 Å². The zero-order valence-corrected chi connectivity index (χ0v) is 12.0. The maximum atomic E-state index is 12.9. The van der Waals surface area contributed by atoms with Gasteiger partial charge < -0.3 is 9.84 Å². The van der Waals surface area contributed by atoms with Crippen molar-refractivity contribution in [2.45, 2.75) is 22.6 Å². The van der Waals surface area contributed by atoms with Gasteiger partial charge in [0.25, 0.3) is 0 Å².